The molecule has 0 radical (unpaired) electrons. The number of hydrogen-bond acceptors (Lipinski definition) is 8. The van der Waals surface area contributed by atoms with Crippen molar-refractivity contribution in [1.29, 1.82) is 0 Å². The molecule has 1 aromatic heterocycles. The molecule has 0 spiro atoms. The summed E-state index contributed by atoms with van der Waals surface area (Å²) in [5.74, 6) is 0.897. The van der Waals surface area contributed by atoms with E-state index in [0.717, 1.165) is 0 Å². The Morgan fingerprint density at radius 3 is 2.59 bits per heavy atom. The quantitative estimate of drug-likeness (QED) is 0.372. The van der Waals surface area contributed by atoms with E-state index in [1.165, 1.54) is 13.2 Å². The Labute approximate surface area is 179 Å². The van der Waals surface area contributed by atoms with Crippen molar-refractivity contribution in [2.24, 2.45) is 5.14 Å². The average Bonchev–Trinajstić information content (AvgIpc) is 2.55. The Hall–Kier alpha value is -1.22. The zero-order valence-electron chi connectivity index (χ0n) is 14.7. The van der Waals surface area contributed by atoms with Crippen LogP contribution in [0, 0.1) is 3.57 Å². The maximum atomic E-state index is 11.8. The third-order valence-corrected chi connectivity index (χ3v) is 6.39. The van der Waals surface area contributed by atoms with E-state index in [1.54, 1.807) is 19.2 Å². The summed E-state index contributed by atoms with van der Waals surface area (Å²) in [6.07, 6.45) is 0.993. The minimum atomic E-state index is -3.93. The standard InChI is InChI=1S/C15H19BrIN5O4S/c1-7(8(2)23)20-14-10(16)6-19-15(22-14)21-9-4-11(17)13(27(18,24)25)12(5-9)26-3/h4-8,23H,1-3H3,(H2,18,24,25)(H2,19,20,21,22)/t7-,8-/m1/s1. The fraction of sp³-hybridized carbons (Fsp3) is 0.333. The number of ether oxygens (including phenoxy) is 1. The van der Waals surface area contributed by atoms with Crippen molar-refractivity contribution < 1.29 is 18.3 Å². The van der Waals surface area contributed by atoms with Crippen molar-refractivity contribution in [2.45, 2.75) is 30.9 Å². The Balaban J connectivity index is 2.36. The smallest absolute Gasteiger partial charge is 0.242 e. The summed E-state index contributed by atoms with van der Waals surface area (Å²) in [5.41, 5.74) is 0.528. The third-order valence-electron chi connectivity index (χ3n) is 3.60. The predicted octanol–water partition coefficient (Wildman–Crippen LogP) is 2.42. The van der Waals surface area contributed by atoms with Crippen molar-refractivity contribution >= 4 is 66.0 Å². The Bertz CT molecular complexity index is 942. The molecule has 0 fully saturated rings. The van der Waals surface area contributed by atoms with Crippen molar-refractivity contribution in [3.63, 3.8) is 0 Å². The first-order valence-corrected chi connectivity index (χ1v) is 11.1. The molecule has 148 valence electrons. The first kappa shape index (κ1) is 22.1. The lowest BCUT2D eigenvalue weighted by Gasteiger charge is -2.18. The second-order valence-electron chi connectivity index (χ2n) is 5.72. The highest BCUT2D eigenvalue weighted by Crippen LogP contribution is 2.33. The van der Waals surface area contributed by atoms with E-state index < -0.39 is 16.1 Å². The average molecular weight is 572 g/mol. The van der Waals surface area contributed by atoms with E-state index in [-0.39, 0.29) is 22.6 Å². The number of rotatable bonds is 7. The second-order valence-corrected chi connectivity index (χ2v) is 9.24. The SMILES string of the molecule is COc1cc(Nc2ncc(Br)c(N[C@H](C)[C@@H](C)O)n2)cc(I)c1S(N)(=O)=O. The molecule has 12 heteroatoms. The highest BCUT2D eigenvalue weighted by Gasteiger charge is 2.20. The number of halogens is 2. The van der Waals surface area contributed by atoms with E-state index >= 15 is 0 Å². The summed E-state index contributed by atoms with van der Waals surface area (Å²) < 4.78 is 29.7. The molecule has 2 atom stereocenters. The molecule has 0 unspecified atom stereocenters. The lowest BCUT2D eigenvalue weighted by atomic mass is 10.2. The summed E-state index contributed by atoms with van der Waals surface area (Å²) in [6.45, 7) is 3.50. The van der Waals surface area contributed by atoms with Gasteiger partial charge in [-0.1, -0.05) is 0 Å². The van der Waals surface area contributed by atoms with Crippen LogP contribution in [0.4, 0.5) is 17.5 Å². The maximum absolute atomic E-state index is 11.8. The van der Waals surface area contributed by atoms with Crippen LogP contribution in [0.15, 0.2) is 27.7 Å². The van der Waals surface area contributed by atoms with Crippen molar-refractivity contribution in [1.82, 2.24) is 9.97 Å². The first-order valence-electron chi connectivity index (χ1n) is 7.67. The summed E-state index contributed by atoms with van der Waals surface area (Å²) in [7, 11) is -2.57. The number of primary sulfonamides is 1. The van der Waals surface area contributed by atoms with Gasteiger partial charge in [-0.25, -0.2) is 18.5 Å². The number of sulfonamides is 1. The Morgan fingerprint density at radius 2 is 2.04 bits per heavy atom. The minimum Gasteiger partial charge on any atom is -0.495 e. The van der Waals surface area contributed by atoms with Crippen molar-refractivity contribution in [3.8, 4) is 5.75 Å². The number of nitrogens with two attached hydrogens (primary N) is 1. The fourth-order valence-corrected chi connectivity index (χ4v) is 4.64. The van der Waals surface area contributed by atoms with Gasteiger partial charge in [-0.2, -0.15) is 4.98 Å². The lowest BCUT2D eigenvalue weighted by molar-refractivity contribution is 0.177. The highest BCUT2D eigenvalue weighted by molar-refractivity contribution is 14.1. The molecule has 2 aromatic rings. The van der Waals surface area contributed by atoms with Gasteiger partial charge in [0.2, 0.25) is 16.0 Å². The van der Waals surface area contributed by atoms with Gasteiger partial charge in [0.1, 0.15) is 16.5 Å². The van der Waals surface area contributed by atoms with Gasteiger partial charge in [-0.3, -0.25) is 0 Å². The van der Waals surface area contributed by atoms with Crippen LogP contribution in [0.1, 0.15) is 13.8 Å². The van der Waals surface area contributed by atoms with Gasteiger partial charge in [0, 0.05) is 21.5 Å². The molecule has 5 N–H and O–H groups in total. The highest BCUT2D eigenvalue weighted by atomic mass is 127. The summed E-state index contributed by atoms with van der Waals surface area (Å²) in [4.78, 5) is 8.47. The van der Waals surface area contributed by atoms with Crippen LogP contribution in [0.25, 0.3) is 0 Å². The van der Waals surface area contributed by atoms with Gasteiger partial charge in [0.25, 0.3) is 0 Å². The Morgan fingerprint density at radius 1 is 1.37 bits per heavy atom. The number of nitrogens with zero attached hydrogens (tertiary/aromatic N) is 2. The van der Waals surface area contributed by atoms with E-state index in [2.05, 4.69) is 36.5 Å². The molecule has 2 rings (SSSR count). The number of benzene rings is 1. The molecule has 0 saturated carbocycles. The number of anilines is 3. The molecule has 0 amide bonds. The summed E-state index contributed by atoms with van der Waals surface area (Å²) >= 11 is 5.23. The second kappa shape index (κ2) is 8.86. The molecule has 0 saturated heterocycles. The molecule has 9 nitrogen and oxygen atoms in total. The third kappa shape index (κ3) is 5.63. The number of methoxy groups -OCH3 is 1. The Kier molecular flexibility index (Phi) is 7.24. The fourth-order valence-electron chi connectivity index (χ4n) is 2.06. The van der Waals surface area contributed by atoms with Gasteiger partial charge in [-0.05, 0) is 58.4 Å². The largest absolute Gasteiger partial charge is 0.495 e. The van der Waals surface area contributed by atoms with Gasteiger partial charge in [0.05, 0.1) is 23.7 Å². The number of aromatic nitrogens is 2. The maximum Gasteiger partial charge on any atom is 0.242 e. The molecular formula is C15H19BrIN5O4S. The van der Waals surface area contributed by atoms with Crippen molar-refractivity contribution in [2.75, 3.05) is 17.7 Å². The van der Waals surface area contributed by atoms with Gasteiger partial charge in [-0.15, -0.1) is 0 Å². The number of aliphatic hydroxyl groups is 1. The molecule has 1 heterocycles. The molecular weight excluding hydrogens is 553 g/mol. The predicted molar refractivity (Wildman–Crippen MR) is 115 cm³/mol. The van der Waals surface area contributed by atoms with Crippen LogP contribution in [0.3, 0.4) is 0 Å². The monoisotopic (exact) mass is 571 g/mol. The number of nitrogens with one attached hydrogen (secondary N) is 2. The molecule has 0 bridgehead atoms. The molecule has 0 aliphatic rings. The van der Waals surface area contributed by atoms with Crippen LogP contribution in [0.2, 0.25) is 0 Å². The topological polar surface area (TPSA) is 139 Å². The van der Waals surface area contributed by atoms with Crippen LogP contribution in [0.5, 0.6) is 5.75 Å². The molecule has 27 heavy (non-hydrogen) atoms. The van der Waals surface area contributed by atoms with Crippen LogP contribution in [-0.2, 0) is 10.0 Å². The first-order chi connectivity index (χ1) is 12.5. The summed E-state index contributed by atoms with van der Waals surface area (Å²) in [6, 6.07) is 2.87. The zero-order valence-corrected chi connectivity index (χ0v) is 19.3. The van der Waals surface area contributed by atoms with Crippen molar-refractivity contribution in [3.05, 3.63) is 26.4 Å². The summed E-state index contributed by atoms with van der Waals surface area (Å²) in [5, 5.41) is 21.0. The molecule has 0 aliphatic carbocycles. The van der Waals surface area contributed by atoms with E-state index in [9.17, 15) is 13.5 Å². The molecule has 0 aliphatic heterocycles. The minimum absolute atomic E-state index is 0.0824. The van der Waals surface area contributed by atoms with Crippen LogP contribution >= 0.6 is 38.5 Å². The number of hydrogen-bond donors (Lipinski definition) is 4. The lowest BCUT2D eigenvalue weighted by Crippen LogP contribution is -2.28. The van der Waals surface area contributed by atoms with Gasteiger partial charge in [0.15, 0.2) is 0 Å². The van der Waals surface area contributed by atoms with Gasteiger partial charge < -0.3 is 20.5 Å². The van der Waals surface area contributed by atoms with Crippen LogP contribution < -0.4 is 20.5 Å². The van der Waals surface area contributed by atoms with E-state index in [1.807, 2.05) is 29.5 Å². The molecule has 1 aromatic carbocycles. The zero-order chi connectivity index (χ0) is 20.4. The normalized spacial score (nSPS) is 13.7. The van der Waals surface area contributed by atoms with E-state index in [4.69, 9.17) is 9.88 Å². The van der Waals surface area contributed by atoms with Crippen LogP contribution in [-0.4, -0.2) is 42.7 Å². The van der Waals surface area contributed by atoms with E-state index in [0.29, 0.717) is 19.5 Å². The van der Waals surface area contributed by atoms with Gasteiger partial charge >= 0.3 is 0 Å². The number of aliphatic hydroxyl groups excluding tert-OH is 1.